The number of aromatic nitrogens is 7. The second-order valence-corrected chi connectivity index (χ2v) is 13.1. The van der Waals surface area contributed by atoms with Crippen LogP contribution in [0.3, 0.4) is 0 Å². The molecule has 2 N–H and O–H groups in total. The van der Waals surface area contributed by atoms with Gasteiger partial charge in [0.15, 0.2) is 11.6 Å². The van der Waals surface area contributed by atoms with Gasteiger partial charge in [-0.3, -0.25) is 23.6 Å². The van der Waals surface area contributed by atoms with E-state index in [4.69, 9.17) is 0 Å². The molecule has 12 nitrogen and oxygen atoms in total. The Labute approximate surface area is 295 Å². The van der Waals surface area contributed by atoms with Crippen LogP contribution < -0.4 is 17.2 Å². The second-order valence-electron chi connectivity index (χ2n) is 13.1. The molecule has 7 rings (SSSR count). The van der Waals surface area contributed by atoms with Crippen LogP contribution in [0.4, 0.5) is 0 Å². The summed E-state index contributed by atoms with van der Waals surface area (Å²) in [6, 6.07) is 24.0. The van der Waals surface area contributed by atoms with E-state index in [1.807, 2.05) is 73.7 Å². The maximum absolute atomic E-state index is 13.1. The number of rotatable bonds is 11. The van der Waals surface area contributed by atoms with Crippen molar-refractivity contribution in [2.75, 3.05) is 0 Å². The van der Waals surface area contributed by atoms with Crippen LogP contribution in [-0.4, -0.2) is 34.6 Å². The Morgan fingerprint density at radius 3 is 2.00 bits per heavy atom. The minimum atomic E-state index is -0.586. The molecule has 1 unspecified atom stereocenters. The number of hydrogen-bond acceptors (Lipinski definition) is 8. The number of nitrogens with one attached hydrogen (secondary N) is 2. The Hall–Kier alpha value is -5.52. The maximum atomic E-state index is 13.1. The molecule has 3 aromatic heterocycles. The SMILES string of the molecule is CCCCc1nn(C(C)CC)c(=O)n1Cc1ccc(-c2ccccc2-c2noc(=O)[nH]2)cc1.O=c1[nH]c(-c2ccccc2C2CCCCC2)no1. The third-order valence-corrected chi connectivity index (χ3v) is 9.65. The first kappa shape index (κ1) is 35.3. The summed E-state index contributed by atoms with van der Waals surface area (Å²) in [6.45, 7) is 6.70. The van der Waals surface area contributed by atoms with Crippen LogP contribution in [0.15, 0.2) is 96.2 Å². The molecule has 1 fully saturated rings. The fourth-order valence-electron chi connectivity index (χ4n) is 6.68. The number of aryl methyl sites for hydroxylation is 1. The molecule has 6 aromatic rings. The molecule has 1 aliphatic rings. The molecular weight excluding hydrogens is 646 g/mol. The zero-order valence-corrected chi connectivity index (χ0v) is 29.4. The van der Waals surface area contributed by atoms with E-state index in [1.54, 1.807) is 9.25 Å². The Morgan fingerprint density at radius 1 is 0.784 bits per heavy atom. The highest BCUT2D eigenvalue weighted by Gasteiger charge is 2.21. The summed E-state index contributed by atoms with van der Waals surface area (Å²) in [5.74, 6) is 1.27. The van der Waals surface area contributed by atoms with Crippen molar-refractivity contribution in [2.24, 2.45) is 0 Å². The molecule has 0 bridgehead atoms. The average Bonchev–Trinajstić information content (AvgIpc) is 3.89. The standard InChI is InChI=1S/C25H29N5O3.C14H16N2O2/c1-4-6-11-22-27-30(17(3)5-2)25(32)29(22)16-18-12-14-19(15-13-18)20-9-7-8-10-21(20)23-26-24(31)33-28-23;17-14-15-13(16-18-14)12-9-5-4-8-11(12)10-6-2-1-3-7-10/h7-10,12-15,17H,4-6,11,16H2,1-3H3,(H,26,28,31);4-5,8-10H,1-3,6-7H2,(H,15,16,17). The van der Waals surface area contributed by atoms with Gasteiger partial charge in [0.25, 0.3) is 0 Å². The van der Waals surface area contributed by atoms with Crippen molar-refractivity contribution in [3.05, 3.63) is 121 Å². The van der Waals surface area contributed by atoms with Crippen LogP contribution in [0.25, 0.3) is 33.9 Å². The fourth-order valence-corrected chi connectivity index (χ4v) is 6.68. The smallest absolute Gasteiger partial charge is 0.296 e. The summed E-state index contributed by atoms with van der Waals surface area (Å²) >= 11 is 0. The number of aromatic amines is 2. The zero-order valence-electron chi connectivity index (χ0n) is 29.4. The van der Waals surface area contributed by atoms with Gasteiger partial charge < -0.3 is 0 Å². The number of H-pyrrole nitrogens is 2. The van der Waals surface area contributed by atoms with Gasteiger partial charge in [-0.1, -0.05) is 123 Å². The largest absolute Gasteiger partial charge is 0.439 e. The van der Waals surface area contributed by atoms with Crippen LogP contribution in [0.2, 0.25) is 0 Å². The third-order valence-electron chi connectivity index (χ3n) is 9.65. The highest BCUT2D eigenvalue weighted by Crippen LogP contribution is 2.37. The van der Waals surface area contributed by atoms with Crippen molar-refractivity contribution >= 4 is 0 Å². The quantitative estimate of drug-likeness (QED) is 0.141. The molecule has 1 saturated carbocycles. The molecule has 0 spiro atoms. The Morgan fingerprint density at radius 2 is 1.39 bits per heavy atom. The van der Waals surface area contributed by atoms with Crippen LogP contribution in [0.1, 0.15) is 101 Å². The molecule has 266 valence electrons. The first-order valence-corrected chi connectivity index (χ1v) is 17.9. The van der Waals surface area contributed by atoms with Crippen molar-refractivity contribution in [3.63, 3.8) is 0 Å². The maximum Gasteiger partial charge on any atom is 0.439 e. The molecule has 1 aliphatic carbocycles. The molecule has 12 heteroatoms. The van der Waals surface area contributed by atoms with Gasteiger partial charge in [0.05, 0.1) is 12.6 Å². The molecule has 0 radical (unpaired) electrons. The molecule has 0 aliphatic heterocycles. The summed E-state index contributed by atoms with van der Waals surface area (Å²) < 4.78 is 12.7. The summed E-state index contributed by atoms with van der Waals surface area (Å²) in [5, 5.41) is 12.3. The van der Waals surface area contributed by atoms with Gasteiger partial charge in [-0.2, -0.15) is 5.10 Å². The van der Waals surface area contributed by atoms with Crippen molar-refractivity contribution in [1.29, 1.82) is 0 Å². The zero-order chi connectivity index (χ0) is 35.7. The number of hydrogen-bond donors (Lipinski definition) is 2. The van der Waals surface area contributed by atoms with E-state index in [9.17, 15) is 14.4 Å². The first-order chi connectivity index (χ1) is 24.9. The van der Waals surface area contributed by atoms with Crippen LogP contribution in [0.5, 0.6) is 0 Å². The lowest BCUT2D eigenvalue weighted by atomic mass is 9.82. The van der Waals surface area contributed by atoms with E-state index in [-0.39, 0.29) is 11.7 Å². The van der Waals surface area contributed by atoms with Crippen LogP contribution in [0, 0.1) is 0 Å². The van der Waals surface area contributed by atoms with Crippen LogP contribution in [-0.2, 0) is 13.0 Å². The summed E-state index contributed by atoms with van der Waals surface area (Å²) in [6.07, 6.45) is 10.0. The predicted molar refractivity (Wildman–Crippen MR) is 196 cm³/mol. The summed E-state index contributed by atoms with van der Waals surface area (Å²) in [5.41, 5.74) is 5.93. The molecule has 51 heavy (non-hydrogen) atoms. The summed E-state index contributed by atoms with van der Waals surface area (Å²) in [4.78, 5) is 40.8. The minimum Gasteiger partial charge on any atom is -0.296 e. The third kappa shape index (κ3) is 8.28. The van der Waals surface area contributed by atoms with E-state index < -0.39 is 11.5 Å². The van der Waals surface area contributed by atoms with E-state index >= 15 is 0 Å². The van der Waals surface area contributed by atoms with Crippen LogP contribution >= 0.6 is 0 Å². The predicted octanol–water partition coefficient (Wildman–Crippen LogP) is 7.49. The van der Waals surface area contributed by atoms with Gasteiger partial charge in [0.2, 0.25) is 0 Å². The normalized spacial score (nSPS) is 13.9. The summed E-state index contributed by atoms with van der Waals surface area (Å²) in [7, 11) is 0. The van der Waals surface area contributed by atoms with Gasteiger partial charge in [-0.05, 0) is 60.8 Å². The molecule has 0 saturated heterocycles. The molecule has 3 aromatic carbocycles. The van der Waals surface area contributed by atoms with Crippen molar-refractivity contribution in [1.82, 2.24) is 34.6 Å². The molecule has 3 heterocycles. The first-order valence-electron chi connectivity index (χ1n) is 17.9. The van der Waals surface area contributed by atoms with Crippen molar-refractivity contribution in [2.45, 2.75) is 97.1 Å². The van der Waals surface area contributed by atoms with Crippen molar-refractivity contribution < 1.29 is 9.05 Å². The molecule has 0 amide bonds. The van der Waals surface area contributed by atoms with E-state index in [0.717, 1.165) is 59.3 Å². The molecular formula is C39H45N7O5. The Balaban J connectivity index is 0.000000208. The average molecular weight is 692 g/mol. The number of nitrogens with zero attached hydrogens (tertiary/aromatic N) is 5. The highest BCUT2D eigenvalue weighted by molar-refractivity contribution is 5.80. The second kappa shape index (κ2) is 16.5. The van der Waals surface area contributed by atoms with E-state index in [2.05, 4.69) is 54.3 Å². The lowest BCUT2D eigenvalue weighted by Crippen LogP contribution is -2.27. The van der Waals surface area contributed by atoms with E-state index in [0.29, 0.717) is 24.1 Å². The molecule has 1 atom stereocenters. The Bertz CT molecular complexity index is 2200. The van der Waals surface area contributed by atoms with Gasteiger partial charge >= 0.3 is 17.2 Å². The lowest BCUT2D eigenvalue weighted by molar-refractivity contribution is 0.387. The van der Waals surface area contributed by atoms with Gasteiger partial charge in [0.1, 0.15) is 5.82 Å². The number of benzene rings is 3. The topological polar surface area (TPSA) is 158 Å². The number of unbranched alkanes of at least 4 members (excludes halogenated alkanes) is 1. The highest BCUT2D eigenvalue weighted by atomic mass is 16.5. The van der Waals surface area contributed by atoms with Crippen molar-refractivity contribution in [3.8, 4) is 33.9 Å². The lowest BCUT2D eigenvalue weighted by Gasteiger charge is -2.23. The van der Waals surface area contributed by atoms with E-state index in [1.165, 1.54) is 37.7 Å². The van der Waals surface area contributed by atoms with Gasteiger partial charge in [-0.25, -0.2) is 19.1 Å². The monoisotopic (exact) mass is 691 g/mol. The Kier molecular flexibility index (Phi) is 11.4. The fraction of sp³-hybridized carbons (Fsp3) is 0.385. The van der Waals surface area contributed by atoms with Gasteiger partial charge in [-0.15, -0.1) is 0 Å². The van der Waals surface area contributed by atoms with Gasteiger partial charge in [0, 0.05) is 17.5 Å². The minimum absolute atomic E-state index is 0.0557.